The fourth-order valence-electron chi connectivity index (χ4n) is 2.51. The van der Waals surface area contributed by atoms with E-state index in [1.165, 1.54) is 19.2 Å². The topological polar surface area (TPSA) is 38.3 Å². The molecule has 1 aliphatic rings. The first-order valence-electron chi connectivity index (χ1n) is 6.23. The van der Waals surface area contributed by atoms with Crippen molar-refractivity contribution in [2.45, 2.75) is 12.8 Å². The van der Waals surface area contributed by atoms with E-state index in [1.807, 2.05) is 0 Å². The van der Waals surface area contributed by atoms with Gasteiger partial charge in [0.2, 0.25) is 0 Å². The summed E-state index contributed by atoms with van der Waals surface area (Å²) in [4.78, 5) is 11.7. The summed E-state index contributed by atoms with van der Waals surface area (Å²) in [5, 5.41) is 3.21. The Labute approximate surface area is 106 Å². The van der Waals surface area contributed by atoms with Crippen LogP contribution in [-0.4, -0.2) is 26.2 Å². The van der Waals surface area contributed by atoms with Crippen molar-refractivity contribution in [3.8, 4) is 0 Å². The molecule has 2 atom stereocenters. The summed E-state index contributed by atoms with van der Waals surface area (Å²) in [6.45, 7) is 1.58. The number of benzene rings is 1. The molecule has 0 bridgehead atoms. The lowest BCUT2D eigenvalue weighted by Gasteiger charge is -2.30. The van der Waals surface area contributed by atoms with Gasteiger partial charge in [-0.1, -0.05) is 12.1 Å². The SMILES string of the molecule is COC(=O)[C@H]1CNCC[C@H]1Cc1ccc(F)cc1. The Morgan fingerprint density at radius 1 is 1.44 bits per heavy atom. The molecule has 1 aliphatic heterocycles. The zero-order chi connectivity index (χ0) is 13.0. The minimum atomic E-state index is -0.228. The molecule has 1 saturated heterocycles. The lowest BCUT2D eigenvalue weighted by molar-refractivity contribution is -0.148. The summed E-state index contributed by atoms with van der Waals surface area (Å²) in [5.74, 6) is -0.221. The average molecular weight is 251 g/mol. The molecular weight excluding hydrogens is 233 g/mol. The summed E-state index contributed by atoms with van der Waals surface area (Å²) < 4.78 is 17.7. The molecule has 0 aliphatic carbocycles. The van der Waals surface area contributed by atoms with Gasteiger partial charge in [-0.2, -0.15) is 0 Å². The van der Waals surface area contributed by atoms with Crippen molar-refractivity contribution in [1.82, 2.24) is 5.32 Å². The number of carbonyl (C=O) groups excluding carboxylic acids is 1. The molecule has 3 nitrogen and oxygen atoms in total. The van der Waals surface area contributed by atoms with Gasteiger partial charge in [-0.15, -0.1) is 0 Å². The predicted octanol–water partition coefficient (Wildman–Crippen LogP) is 1.77. The number of esters is 1. The molecule has 1 fully saturated rings. The zero-order valence-electron chi connectivity index (χ0n) is 10.5. The van der Waals surface area contributed by atoms with Crippen LogP contribution in [0.5, 0.6) is 0 Å². The standard InChI is InChI=1S/C14H18FNO2/c1-18-14(17)13-9-16-7-6-11(13)8-10-2-4-12(15)5-3-10/h2-5,11,13,16H,6-9H2,1H3/t11-,13-/m0/s1. The Kier molecular flexibility index (Phi) is 4.31. The number of halogens is 1. The largest absolute Gasteiger partial charge is 0.469 e. The predicted molar refractivity (Wildman–Crippen MR) is 66.6 cm³/mol. The monoisotopic (exact) mass is 251 g/mol. The first-order chi connectivity index (χ1) is 8.70. The molecule has 0 spiro atoms. The highest BCUT2D eigenvalue weighted by atomic mass is 19.1. The van der Waals surface area contributed by atoms with Crippen LogP contribution in [0.2, 0.25) is 0 Å². The van der Waals surface area contributed by atoms with Crippen LogP contribution in [-0.2, 0) is 16.0 Å². The highest BCUT2D eigenvalue weighted by molar-refractivity contribution is 5.73. The van der Waals surface area contributed by atoms with Crippen molar-refractivity contribution in [2.75, 3.05) is 20.2 Å². The van der Waals surface area contributed by atoms with Crippen LogP contribution in [0, 0.1) is 17.7 Å². The molecule has 1 aromatic rings. The second-order valence-corrected chi connectivity index (χ2v) is 4.71. The van der Waals surface area contributed by atoms with E-state index in [0.717, 1.165) is 24.9 Å². The molecule has 0 amide bonds. The Morgan fingerprint density at radius 2 is 2.17 bits per heavy atom. The Bertz CT molecular complexity index is 405. The maximum atomic E-state index is 12.8. The van der Waals surface area contributed by atoms with E-state index >= 15 is 0 Å². The van der Waals surface area contributed by atoms with Gasteiger partial charge in [0.1, 0.15) is 5.82 Å². The molecule has 2 rings (SSSR count). The number of methoxy groups -OCH3 is 1. The van der Waals surface area contributed by atoms with E-state index in [1.54, 1.807) is 12.1 Å². The number of nitrogens with one attached hydrogen (secondary N) is 1. The van der Waals surface area contributed by atoms with Crippen LogP contribution in [0.3, 0.4) is 0 Å². The van der Waals surface area contributed by atoms with E-state index in [9.17, 15) is 9.18 Å². The van der Waals surface area contributed by atoms with E-state index in [-0.39, 0.29) is 23.6 Å². The van der Waals surface area contributed by atoms with Gasteiger partial charge in [0.15, 0.2) is 0 Å². The summed E-state index contributed by atoms with van der Waals surface area (Å²) in [5.41, 5.74) is 1.07. The Hall–Kier alpha value is -1.42. The van der Waals surface area contributed by atoms with Gasteiger partial charge in [-0.05, 0) is 43.0 Å². The fraction of sp³-hybridized carbons (Fsp3) is 0.500. The Morgan fingerprint density at radius 3 is 2.83 bits per heavy atom. The van der Waals surface area contributed by atoms with Gasteiger partial charge in [0.25, 0.3) is 0 Å². The van der Waals surface area contributed by atoms with Gasteiger partial charge in [0.05, 0.1) is 13.0 Å². The number of hydrogen-bond acceptors (Lipinski definition) is 3. The quantitative estimate of drug-likeness (QED) is 0.832. The Balaban J connectivity index is 2.05. The first kappa shape index (κ1) is 13.0. The number of ether oxygens (including phenoxy) is 1. The van der Waals surface area contributed by atoms with E-state index in [0.29, 0.717) is 6.54 Å². The summed E-state index contributed by atoms with van der Waals surface area (Å²) in [7, 11) is 1.42. The number of carbonyl (C=O) groups is 1. The van der Waals surface area contributed by atoms with E-state index < -0.39 is 0 Å². The van der Waals surface area contributed by atoms with Crippen molar-refractivity contribution in [1.29, 1.82) is 0 Å². The minimum absolute atomic E-state index is 0.103. The third-order valence-corrected chi connectivity index (χ3v) is 3.54. The van der Waals surface area contributed by atoms with Crippen LogP contribution < -0.4 is 5.32 Å². The number of rotatable bonds is 3. The minimum Gasteiger partial charge on any atom is -0.469 e. The molecule has 0 saturated carbocycles. The van der Waals surface area contributed by atoms with Gasteiger partial charge in [-0.3, -0.25) is 4.79 Å². The molecule has 0 radical (unpaired) electrons. The third-order valence-electron chi connectivity index (χ3n) is 3.54. The molecule has 0 unspecified atom stereocenters. The van der Waals surface area contributed by atoms with Crippen molar-refractivity contribution in [3.05, 3.63) is 35.6 Å². The van der Waals surface area contributed by atoms with Gasteiger partial charge >= 0.3 is 5.97 Å². The zero-order valence-corrected chi connectivity index (χ0v) is 10.5. The van der Waals surface area contributed by atoms with E-state index in [2.05, 4.69) is 5.32 Å². The highest BCUT2D eigenvalue weighted by Crippen LogP contribution is 2.24. The number of hydrogen-bond donors (Lipinski definition) is 1. The summed E-state index contributed by atoms with van der Waals surface area (Å²) >= 11 is 0. The van der Waals surface area contributed by atoms with Gasteiger partial charge in [0, 0.05) is 6.54 Å². The molecule has 0 aromatic heterocycles. The highest BCUT2D eigenvalue weighted by Gasteiger charge is 2.31. The molecule has 1 heterocycles. The van der Waals surface area contributed by atoms with Crippen molar-refractivity contribution in [3.63, 3.8) is 0 Å². The van der Waals surface area contributed by atoms with Crippen molar-refractivity contribution >= 4 is 5.97 Å². The maximum absolute atomic E-state index is 12.8. The van der Waals surface area contributed by atoms with E-state index in [4.69, 9.17) is 4.74 Å². The third kappa shape index (κ3) is 3.07. The molecule has 18 heavy (non-hydrogen) atoms. The summed E-state index contributed by atoms with van der Waals surface area (Å²) in [6, 6.07) is 6.49. The van der Waals surface area contributed by atoms with Gasteiger partial charge in [-0.25, -0.2) is 4.39 Å². The normalized spacial score (nSPS) is 23.7. The molecule has 98 valence electrons. The smallest absolute Gasteiger partial charge is 0.310 e. The maximum Gasteiger partial charge on any atom is 0.310 e. The van der Waals surface area contributed by atoms with Gasteiger partial charge < -0.3 is 10.1 Å². The van der Waals surface area contributed by atoms with Crippen LogP contribution in [0.1, 0.15) is 12.0 Å². The fourth-order valence-corrected chi connectivity index (χ4v) is 2.51. The molecular formula is C14H18FNO2. The lowest BCUT2D eigenvalue weighted by atomic mass is 9.82. The first-order valence-corrected chi connectivity index (χ1v) is 6.23. The number of piperidine rings is 1. The van der Waals surface area contributed by atoms with Crippen LogP contribution >= 0.6 is 0 Å². The second-order valence-electron chi connectivity index (χ2n) is 4.71. The average Bonchev–Trinajstić information content (AvgIpc) is 2.41. The van der Waals surface area contributed by atoms with Crippen LogP contribution in [0.25, 0.3) is 0 Å². The van der Waals surface area contributed by atoms with Crippen molar-refractivity contribution in [2.24, 2.45) is 11.8 Å². The van der Waals surface area contributed by atoms with Crippen molar-refractivity contribution < 1.29 is 13.9 Å². The lowest BCUT2D eigenvalue weighted by Crippen LogP contribution is -2.42. The molecule has 1 aromatic carbocycles. The molecule has 1 N–H and O–H groups in total. The van der Waals surface area contributed by atoms with Crippen LogP contribution in [0.4, 0.5) is 4.39 Å². The summed E-state index contributed by atoms with van der Waals surface area (Å²) in [6.07, 6.45) is 1.73. The van der Waals surface area contributed by atoms with Crippen LogP contribution in [0.15, 0.2) is 24.3 Å². The molecule has 4 heteroatoms. The second kappa shape index (κ2) is 5.96.